The van der Waals surface area contributed by atoms with Crippen LogP contribution >= 0.6 is 0 Å². The number of nitrogens with one attached hydrogen (secondary N) is 2. The second-order valence-electron chi connectivity index (χ2n) is 5.35. The molecule has 0 aliphatic rings. The summed E-state index contributed by atoms with van der Waals surface area (Å²) in [4.78, 5) is 11.5. The predicted molar refractivity (Wildman–Crippen MR) is 76.8 cm³/mol. The van der Waals surface area contributed by atoms with E-state index in [1.807, 2.05) is 16.9 Å². The first-order chi connectivity index (χ1) is 9.02. The molecule has 19 heavy (non-hydrogen) atoms. The number of nitrogens with zero attached hydrogens (tertiary/aromatic N) is 2. The molecular weight excluding hydrogens is 240 g/mol. The molecule has 0 aliphatic heterocycles. The maximum absolute atomic E-state index is 11.5. The standard InChI is InChI=1S/C14H26N4O/c1-5-12(4)18-7-6-13(17-18)9-15-10-14(19)16-8-11(2)3/h6-7,11-12,15H,5,8-10H2,1-4H3,(H,16,19). The Morgan fingerprint density at radius 3 is 2.79 bits per heavy atom. The molecule has 0 aromatic carbocycles. The van der Waals surface area contributed by atoms with Gasteiger partial charge in [-0.3, -0.25) is 9.48 Å². The summed E-state index contributed by atoms with van der Waals surface area (Å²) in [6, 6.07) is 2.41. The fourth-order valence-electron chi connectivity index (χ4n) is 1.59. The summed E-state index contributed by atoms with van der Waals surface area (Å²) in [5.74, 6) is 0.519. The van der Waals surface area contributed by atoms with Crippen LogP contribution in [0.2, 0.25) is 0 Å². The molecule has 0 saturated heterocycles. The molecule has 1 unspecified atom stereocenters. The van der Waals surface area contributed by atoms with Crippen LogP contribution in [0.3, 0.4) is 0 Å². The van der Waals surface area contributed by atoms with Gasteiger partial charge in [0.05, 0.1) is 12.2 Å². The van der Waals surface area contributed by atoms with Crippen LogP contribution in [0, 0.1) is 5.92 Å². The molecule has 2 N–H and O–H groups in total. The molecule has 0 saturated carbocycles. The van der Waals surface area contributed by atoms with E-state index in [2.05, 4.69) is 43.4 Å². The van der Waals surface area contributed by atoms with Crippen LogP contribution < -0.4 is 10.6 Å². The second kappa shape index (κ2) is 7.94. The van der Waals surface area contributed by atoms with Crippen molar-refractivity contribution in [2.24, 2.45) is 5.92 Å². The fourth-order valence-corrected chi connectivity index (χ4v) is 1.59. The number of carbonyl (C=O) groups excluding carboxylic acids is 1. The minimum absolute atomic E-state index is 0.0371. The average molecular weight is 266 g/mol. The highest BCUT2D eigenvalue weighted by atomic mass is 16.1. The molecule has 1 aromatic rings. The van der Waals surface area contributed by atoms with Gasteiger partial charge in [-0.25, -0.2) is 0 Å². The Kier molecular flexibility index (Phi) is 6.56. The van der Waals surface area contributed by atoms with Crippen molar-refractivity contribution < 1.29 is 4.79 Å². The summed E-state index contributed by atoms with van der Waals surface area (Å²) in [7, 11) is 0. The van der Waals surface area contributed by atoms with Crippen LogP contribution in [0.1, 0.15) is 45.9 Å². The van der Waals surface area contributed by atoms with Gasteiger partial charge in [0.15, 0.2) is 0 Å². The van der Waals surface area contributed by atoms with E-state index >= 15 is 0 Å². The number of aromatic nitrogens is 2. The maximum atomic E-state index is 11.5. The first kappa shape index (κ1) is 15.7. The van der Waals surface area contributed by atoms with Crippen molar-refractivity contribution in [1.82, 2.24) is 20.4 Å². The van der Waals surface area contributed by atoms with Crippen LogP contribution in [0.4, 0.5) is 0 Å². The number of hydrogen-bond acceptors (Lipinski definition) is 3. The van der Waals surface area contributed by atoms with Crippen molar-refractivity contribution in [2.75, 3.05) is 13.1 Å². The number of amides is 1. The number of rotatable bonds is 8. The van der Waals surface area contributed by atoms with Gasteiger partial charge in [-0.05, 0) is 25.3 Å². The van der Waals surface area contributed by atoms with Gasteiger partial charge in [-0.2, -0.15) is 5.10 Å². The van der Waals surface area contributed by atoms with Gasteiger partial charge in [0.1, 0.15) is 0 Å². The Balaban J connectivity index is 2.25. The fraction of sp³-hybridized carbons (Fsp3) is 0.714. The summed E-state index contributed by atoms with van der Waals surface area (Å²) in [6.45, 7) is 10.1. The molecule has 1 rings (SSSR count). The lowest BCUT2D eigenvalue weighted by molar-refractivity contribution is -0.120. The molecule has 5 nitrogen and oxygen atoms in total. The minimum Gasteiger partial charge on any atom is -0.355 e. The molecule has 0 spiro atoms. The summed E-state index contributed by atoms with van der Waals surface area (Å²) in [5.41, 5.74) is 0.969. The Hall–Kier alpha value is -1.36. The van der Waals surface area contributed by atoms with Crippen molar-refractivity contribution in [3.8, 4) is 0 Å². The van der Waals surface area contributed by atoms with E-state index in [-0.39, 0.29) is 5.91 Å². The van der Waals surface area contributed by atoms with E-state index in [1.165, 1.54) is 0 Å². The van der Waals surface area contributed by atoms with Crippen LogP contribution in [-0.2, 0) is 11.3 Å². The Labute approximate surface area is 115 Å². The van der Waals surface area contributed by atoms with Crippen molar-refractivity contribution >= 4 is 5.91 Å². The lowest BCUT2D eigenvalue weighted by Gasteiger charge is -2.09. The predicted octanol–water partition coefficient (Wildman–Crippen LogP) is 1.72. The molecule has 0 bridgehead atoms. The molecule has 1 aromatic heterocycles. The first-order valence-corrected chi connectivity index (χ1v) is 7.04. The molecule has 0 aliphatic carbocycles. The molecule has 108 valence electrons. The van der Waals surface area contributed by atoms with Crippen LogP contribution in [0.15, 0.2) is 12.3 Å². The van der Waals surface area contributed by atoms with E-state index in [0.717, 1.165) is 18.7 Å². The smallest absolute Gasteiger partial charge is 0.233 e. The van der Waals surface area contributed by atoms with Crippen molar-refractivity contribution in [3.05, 3.63) is 18.0 Å². The monoisotopic (exact) mass is 266 g/mol. The Bertz CT molecular complexity index is 387. The van der Waals surface area contributed by atoms with Gasteiger partial charge in [-0.15, -0.1) is 0 Å². The third kappa shape index (κ3) is 5.87. The molecular formula is C14H26N4O. The first-order valence-electron chi connectivity index (χ1n) is 7.04. The van der Waals surface area contributed by atoms with Gasteiger partial charge in [0, 0.05) is 25.3 Å². The van der Waals surface area contributed by atoms with Crippen molar-refractivity contribution in [3.63, 3.8) is 0 Å². The topological polar surface area (TPSA) is 59.0 Å². The lowest BCUT2D eigenvalue weighted by Crippen LogP contribution is -2.35. The van der Waals surface area contributed by atoms with Gasteiger partial charge < -0.3 is 10.6 Å². The van der Waals surface area contributed by atoms with E-state index in [9.17, 15) is 4.79 Å². The zero-order valence-electron chi connectivity index (χ0n) is 12.4. The van der Waals surface area contributed by atoms with Crippen LogP contribution in [0.5, 0.6) is 0 Å². The summed E-state index contributed by atoms with van der Waals surface area (Å²) in [6.07, 6.45) is 3.05. The molecule has 0 fully saturated rings. The maximum Gasteiger partial charge on any atom is 0.233 e. The Morgan fingerprint density at radius 1 is 1.42 bits per heavy atom. The quantitative estimate of drug-likeness (QED) is 0.753. The highest BCUT2D eigenvalue weighted by molar-refractivity contribution is 5.77. The normalized spacial score (nSPS) is 12.7. The SMILES string of the molecule is CCC(C)n1ccc(CNCC(=O)NCC(C)C)n1. The van der Waals surface area contributed by atoms with Crippen LogP contribution in [-0.4, -0.2) is 28.8 Å². The van der Waals surface area contributed by atoms with E-state index in [0.29, 0.717) is 25.0 Å². The zero-order valence-corrected chi connectivity index (χ0v) is 12.4. The Morgan fingerprint density at radius 2 is 2.16 bits per heavy atom. The molecule has 0 radical (unpaired) electrons. The van der Waals surface area contributed by atoms with Gasteiger partial charge in [-0.1, -0.05) is 20.8 Å². The summed E-state index contributed by atoms with van der Waals surface area (Å²) in [5, 5.41) is 10.5. The summed E-state index contributed by atoms with van der Waals surface area (Å²) < 4.78 is 1.97. The highest BCUT2D eigenvalue weighted by Gasteiger charge is 2.05. The molecule has 5 heteroatoms. The highest BCUT2D eigenvalue weighted by Crippen LogP contribution is 2.08. The van der Waals surface area contributed by atoms with E-state index < -0.39 is 0 Å². The molecule has 1 heterocycles. The van der Waals surface area contributed by atoms with Crippen LogP contribution in [0.25, 0.3) is 0 Å². The van der Waals surface area contributed by atoms with E-state index in [1.54, 1.807) is 0 Å². The third-order valence-corrected chi connectivity index (χ3v) is 3.01. The van der Waals surface area contributed by atoms with Gasteiger partial charge in [0.2, 0.25) is 5.91 Å². The second-order valence-corrected chi connectivity index (χ2v) is 5.35. The van der Waals surface area contributed by atoms with Crippen molar-refractivity contribution in [2.45, 2.75) is 46.7 Å². The molecule has 1 atom stereocenters. The van der Waals surface area contributed by atoms with Gasteiger partial charge >= 0.3 is 0 Å². The number of carbonyl (C=O) groups is 1. The molecule has 1 amide bonds. The average Bonchev–Trinajstić information content (AvgIpc) is 2.84. The number of hydrogen-bond donors (Lipinski definition) is 2. The van der Waals surface area contributed by atoms with E-state index in [4.69, 9.17) is 0 Å². The summed E-state index contributed by atoms with van der Waals surface area (Å²) >= 11 is 0. The third-order valence-electron chi connectivity index (χ3n) is 3.01. The lowest BCUT2D eigenvalue weighted by atomic mass is 10.2. The minimum atomic E-state index is 0.0371. The largest absolute Gasteiger partial charge is 0.355 e. The zero-order chi connectivity index (χ0) is 14.3. The van der Waals surface area contributed by atoms with Crippen molar-refractivity contribution in [1.29, 1.82) is 0 Å². The van der Waals surface area contributed by atoms with Gasteiger partial charge in [0.25, 0.3) is 0 Å².